The van der Waals surface area contributed by atoms with Crippen molar-refractivity contribution in [3.05, 3.63) is 29.8 Å². The Morgan fingerprint density at radius 2 is 0.630 bits per heavy atom. The lowest BCUT2D eigenvalue weighted by Crippen LogP contribution is -2.49. The summed E-state index contributed by atoms with van der Waals surface area (Å²) in [5.74, 6) is -18.7. The summed E-state index contributed by atoms with van der Waals surface area (Å²) < 4.78 is 0. The molecule has 0 aliphatic carbocycles. The molecule has 0 spiro atoms. The van der Waals surface area contributed by atoms with Gasteiger partial charge < -0.3 is 142 Å². The summed E-state index contributed by atoms with van der Waals surface area (Å²) in [6.45, 7) is 2.72. The van der Waals surface area contributed by atoms with Crippen molar-refractivity contribution < 1.29 is 77.0 Å². The fourth-order valence-electron chi connectivity index (χ4n) is 15.6. The quantitative estimate of drug-likeness (QED) is 0.0169. The normalized spacial score (nSPS) is 14.6. The van der Waals surface area contributed by atoms with Crippen LogP contribution in [0.25, 0.3) is 0 Å². The molecule has 0 saturated carbocycles. The zero-order valence-corrected chi connectivity index (χ0v) is 78.1. The van der Waals surface area contributed by atoms with Gasteiger partial charge in [-0.15, -0.1) is 0 Å². The van der Waals surface area contributed by atoms with E-state index in [1.165, 1.54) is 24.0 Å². The number of carbonyl (C=O) groups is 15. The van der Waals surface area contributed by atoms with Crippen LogP contribution in [0.5, 0.6) is 5.75 Å². The topological polar surface area (TPSA) is 889 Å². The first kappa shape index (κ1) is 118. The van der Waals surface area contributed by atoms with Crippen LogP contribution in [0.1, 0.15) is 231 Å². The standard InChI is InChI=1S/C87H154N32O16/c1-52(120)60(21-10-40-108-83(96)97)114-76(131)56(18-8-38-106-81(92)93)48-70(125)64(24-13-43-111-86(102)103)118-80(135)58(29-33-73(91)128)50-71(126)65(25-14-44-112-87(104)105)117-79(134)57(19-9-39-107-82(94)95)49-69(124)63(20-4-7-37-90)116-77(132)54(16-2-5-35-88)47-68(123)62(23-12-42-110-85(100)101)113-74(129)34-32-67(122)61(22-11-41-109-84(98)99)115-78(133)55(17-3-6-36-89)51-72(127)66-26-15-45-119(66)75(130)46-53-27-30-59(121)31-28-53/h27-28,30-31,54-58,60-66,121H,2-26,29,32-51,88-90H2,1H3,(H2,91,128)(H,113,129)(H,114,131)(H,115,133)(H,116,132)(H,117,134)(H,118,135)(H4,92,93,106)(H4,94,95,107)(H4,96,97,108)(H4,98,99,109)(H4,100,101,110)(H4,102,103,111)(H4,104,105,112)/t54-,55-,56-,57-,58-,60+,61+,62+,63+,64+,65+,66+/m1/s1. The van der Waals surface area contributed by atoms with E-state index in [0.717, 1.165) is 0 Å². The van der Waals surface area contributed by atoms with Gasteiger partial charge >= 0.3 is 0 Å². The van der Waals surface area contributed by atoms with Crippen molar-refractivity contribution in [1.29, 1.82) is 37.9 Å². The first-order chi connectivity index (χ1) is 64.1. The first-order valence-corrected chi connectivity index (χ1v) is 46.6. The summed E-state index contributed by atoms with van der Waals surface area (Å²) in [7, 11) is 0. The van der Waals surface area contributed by atoms with Gasteiger partial charge in [0.2, 0.25) is 47.3 Å². The highest BCUT2D eigenvalue weighted by Gasteiger charge is 2.40. The Morgan fingerprint density at radius 3 is 0.956 bits per heavy atom. The number of aromatic hydroxyl groups is 1. The first-order valence-electron chi connectivity index (χ1n) is 46.6. The van der Waals surface area contributed by atoms with E-state index in [4.69, 9.17) is 101 Å². The molecule has 1 aliphatic rings. The fourth-order valence-corrected chi connectivity index (χ4v) is 15.6. The van der Waals surface area contributed by atoms with Gasteiger partial charge in [0.1, 0.15) is 5.75 Å². The number of guanidine groups is 7. The number of benzene rings is 1. The molecular weight excluding hydrogens is 1750 g/mol. The van der Waals surface area contributed by atoms with Crippen molar-refractivity contribution in [2.75, 3.05) is 72.0 Å². The SMILES string of the molecule is CC(=O)[C@H](CCCNC(=N)N)NC(=O)[C@H](CCCNC(=N)N)CC(=O)[C@H](CCCNC(=N)N)NC(=O)[C@H](CCC(N)=O)CC(=O)[C@H](CCCNC(=N)N)NC(=O)[C@H](CCCNC(=N)N)CC(=O)[C@H](CCCCN)NC(=O)[C@H](CCCCN)CC(=O)[C@H](CCCNC(=N)N)NC(=O)CCC(=O)[C@H](CCCNC(=N)N)NC(=O)[C@H](CCCCN)CC(=O)[C@@H]1CCCN1C(=O)Cc1ccc(O)cc1. The van der Waals surface area contributed by atoms with Crippen LogP contribution in [0, 0.1) is 67.5 Å². The molecule has 1 aromatic carbocycles. The molecule has 48 nitrogen and oxygen atoms in total. The molecule has 135 heavy (non-hydrogen) atoms. The lowest BCUT2D eigenvalue weighted by molar-refractivity contribution is -0.138. The fraction of sp³-hybridized carbons (Fsp3) is 0.678. The van der Waals surface area contributed by atoms with Gasteiger partial charge in [0.05, 0.1) is 48.7 Å². The van der Waals surface area contributed by atoms with Crippen molar-refractivity contribution in [2.24, 2.45) is 92.7 Å². The molecular formula is C87H154N32O16. The van der Waals surface area contributed by atoms with Gasteiger partial charge in [0.25, 0.3) is 0 Å². The van der Waals surface area contributed by atoms with Gasteiger partial charge in [0.15, 0.2) is 82.2 Å². The van der Waals surface area contributed by atoms with Crippen LogP contribution in [0.15, 0.2) is 24.3 Å². The predicted molar refractivity (Wildman–Crippen MR) is 510 cm³/mol. The van der Waals surface area contributed by atoms with Crippen LogP contribution >= 0.6 is 0 Å². The number of unbranched alkanes of at least 4 members (excludes halogenated alkanes) is 3. The second kappa shape index (κ2) is 67.4. The van der Waals surface area contributed by atoms with Crippen molar-refractivity contribution in [1.82, 2.24) is 74.0 Å². The van der Waals surface area contributed by atoms with E-state index in [9.17, 15) is 57.8 Å². The van der Waals surface area contributed by atoms with Crippen LogP contribution in [-0.4, -0.2) is 254 Å². The molecule has 1 heterocycles. The number of nitrogens with one attached hydrogen (secondary N) is 20. The molecule has 0 aromatic heterocycles. The number of primary amides is 1. The molecule has 1 aliphatic heterocycles. The van der Waals surface area contributed by atoms with E-state index in [1.54, 1.807) is 12.1 Å². The third-order valence-electron chi connectivity index (χ3n) is 23.0. The highest BCUT2D eigenvalue weighted by molar-refractivity contribution is 6.00. The van der Waals surface area contributed by atoms with Crippen LogP contribution in [-0.2, 0) is 78.3 Å². The van der Waals surface area contributed by atoms with Gasteiger partial charge in [-0.05, 0) is 198 Å². The average molecular weight is 1900 g/mol. The number of nitrogens with zero attached hydrogens (tertiary/aromatic N) is 1. The number of amides is 8. The average Bonchev–Trinajstić information content (AvgIpc) is 1.76. The second-order valence-corrected chi connectivity index (χ2v) is 34.2. The Labute approximate surface area is 789 Å². The van der Waals surface area contributed by atoms with Gasteiger partial charge in [-0.3, -0.25) is 110 Å². The smallest absolute Gasteiger partial charge is 0.227 e. The Hall–Kier alpha value is -12.8. The lowest BCUT2D eigenvalue weighted by atomic mass is 9.88. The summed E-state index contributed by atoms with van der Waals surface area (Å²) in [5, 5.41) is 98.7. The molecule has 12 atom stereocenters. The number of phenols is 1. The number of nitrogens with two attached hydrogens (primary N) is 11. The van der Waals surface area contributed by atoms with Crippen LogP contribution in [0.2, 0.25) is 0 Å². The van der Waals surface area contributed by atoms with E-state index in [0.29, 0.717) is 63.5 Å². The molecule has 48 heteroatoms. The number of hydrogen-bond acceptors (Lipinski definition) is 26. The summed E-state index contributed by atoms with van der Waals surface area (Å²) in [4.78, 5) is 217. The molecule has 758 valence electrons. The Kier molecular flexibility index (Phi) is 59.1. The summed E-state index contributed by atoms with van der Waals surface area (Å²) in [6, 6.07) is -2.53. The molecule has 2 rings (SSSR count). The number of hydrogen-bond donors (Lipinski definition) is 32. The highest BCUT2D eigenvalue weighted by atomic mass is 16.3. The summed E-state index contributed by atoms with van der Waals surface area (Å²) >= 11 is 0. The number of likely N-dealkylation sites (tertiary alicyclic amines) is 1. The number of ketones is 7. The summed E-state index contributed by atoms with van der Waals surface area (Å²) in [6.07, 6.45) is -0.490. The highest BCUT2D eigenvalue weighted by Crippen LogP contribution is 2.28. The molecule has 0 radical (unpaired) electrons. The molecule has 8 amide bonds. The van der Waals surface area contributed by atoms with E-state index in [-0.39, 0.29) is 235 Å². The molecule has 0 unspecified atom stereocenters. The Bertz CT molecular complexity index is 4070. The minimum atomic E-state index is -1.49. The van der Waals surface area contributed by atoms with Crippen molar-refractivity contribution in [2.45, 2.75) is 274 Å². The number of carbonyl (C=O) groups excluding carboxylic acids is 15. The minimum absolute atomic E-state index is 0.00503. The third kappa shape index (κ3) is 52.5. The Morgan fingerprint density at radius 1 is 0.348 bits per heavy atom. The van der Waals surface area contributed by atoms with Crippen LogP contribution in [0.4, 0.5) is 0 Å². The summed E-state index contributed by atoms with van der Waals surface area (Å²) in [5.41, 5.74) is 62.9. The van der Waals surface area contributed by atoms with Gasteiger partial charge in [-0.1, -0.05) is 25.0 Å². The zero-order chi connectivity index (χ0) is 101. The maximum absolute atomic E-state index is 15.1. The van der Waals surface area contributed by atoms with Gasteiger partial charge in [-0.25, -0.2) is 0 Å². The van der Waals surface area contributed by atoms with Gasteiger partial charge in [-0.2, -0.15) is 0 Å². The molecule has 43 N–H and O–H groups in total. The predicted octanol–water partition coefficient (Wildman–Crippen LogP) is -3.85. The molecule has 0 bridgehead atoms. The second-order valence-electron chi connectivity index (χ2n) is 34.2. The lowest BCUT2D eigenvalue weighted by Gasteiger charge is -2.27. The van der Waals surface area contributed by atoms with Crippen LogP contribution < -0.4 is 132 Å². The van der Waals surface area contributed by atoms with Crippen LogP contribution in [0.3, 0.4) is 0 Å². The molecule has 1 aromatic rings. The Balaban J connectivity index is 2.67. The van der Waals surface area contributed by atoms with Crippen molar-refractivity contribution >= 4 is 129 Å². The zero-order valence-electron chi connectivity index (χ0n) is 78.1. The molecule has 1 saturated heterocycles. The number of phenolic OH excluding ortho intramolecular Hbond substituents is 1. The maximum Gasteiger partial charge on any atom is 0.227 e. The van der Waals surface area contributed by atoms with Crippen molar-refractivity contribution in [3.8, 4) is 5.75 Å². The molecule has 1 fully saturated rings. The van der Waals surface area contributed by atoms with E-state index >= 15 is 19.2 Å². The maximum atomic E-state index is 15.1. The van der Waals surface area contributed by atoms with Crippen molar-refractivity contribution in [3.63, 3.8) is 0 Å². The van der Waals surface area contributed by atoms with E-state index in [1.807, 2.05) is 0 Å². The third-order valence-corrected chi connectivity index (χ3v) is 23.0. The van der Waals surface area contributed by atoms with E-state index < -0.39 is 211 Å². The van der Waals surface area contributed by atoms with E-state index in [2.05, 4.69) is 69.1 Å². The largest absolute Gasteiger partial charge is 0.508 e. The number of Topliss-reactive ketones (excluding diaryl/α,β-unsaturated/α-hetero) is 7. The number of rotatable bonds is 76. The van der Waals surface area contributed by atoms with Gasteiger partial charge in [0, 0.05) is 133 Å². The monoisotopic (exact) mass is 1900 g/mol. The minimum Gasteiger partial charge on any atom is -0.508 e.